The van der Waals surface area contributed by atoms with Gasteiger partial charge in [0.05, 0.1) is 19.3 Å². The number of carbonyl (C=O) groups is 1. The average molecular weight is 409 g/mol. The number of amides is 1. The predicted octanol–water partition coefficient (Wildman–Crippen LogP) is 2.12. The molecule has 4 rings (SSSR count). The van der Waals surface area contributed by atoms with Crippen LogP contribution >= 0.6 is 11.6 Å². The number of nitrogens with zero attached hydrogens (tertiary/aromatic N) is 5. The molecule has 0 aliphatic rings. The highest BCUT2D eigenvalue weighted by atomic mass is 35.5. The number of fused-ring (bicyclic) bond motifs is 1. The van der Waals surface area contributed by atoms with Crippen LogP contribution in [0.15, 0.2) is 66.1 Å². The first-order valence-corrected chi connectivity index (χ1v) is 9.33. The maximum atomic E-state index is 12.7. The Morgan fingerprint density at radius 2 is 1.86 bits per heavy atom. The van der Waals surface area contributed by atoms with E-state index < -0.39 is 0 Å². The fourth-order valence-corrected chi connectivity index (χ4v) is 3.07. The summed E-state index contributed by atoms with van der Waals surface area (Å²) in [6.45, 7) is 1.15. The number of benzene rings is 1. The first-order chi connectivity index (χ1) is 14.1. The predicted molar refractivity (Wildman–Crippen MR) is 109 cm³/mol. The van der Waals surface area contributed by atoms with Crippen molar-refractivity contribution in [2.75, 3.05) is 6.54 Å². The van der Waals surface area contributed by atoms with Crippen LogP contribution in [0.25, 0.3) is 11.0 Å². The van der Waals surface area contributed by atoms with Crippen LogP contribution in [0.1, 0.15) is 15.9 Å². The van der Waals surface area contributed by atoms with Crippen molar-refractivity contribution in [1.82, 2.24) is 29.6 Å². The highest BCUT2D eigenvalue weighted by Gasteiger charge is 2.11. The van der Waals surface area contributed by atoms with Crippen molar-refractivity contribution < 1.29 is 4.79 Å². The Labute approximate surface area is 170 Å². The lowest BCUT2D eigenvalue weighted by molar-refractivity contribution is 0.0952. The molecule has 0 radical (unpaired) electrons. The standard InChI is InChI=1S/C20H17ClN6O2/c21-16-3-1-14(2-4-16)12-26-13-24-18-17(20(26)29)11-25-27(18)10-9-23-19(28)15-5-7-22-8-6-15/h1-8,11,13H,9-10,12H2,(H,23,28). The number of hydrogen-bond acceptors (Lipinski definition) is 5. The average Bonchev–Trinajstić information content (AvgIpc) is 3.16. The molecule has 0 saturated heterocycles. The van der Waals surface area contributed by atoms with Crippen molar-refractivity contribution in [2.45, 2.75) is 13.1 Å². The van der Waals surface area contributed by atoms with Crippen molar-refractivity contribution in [1.29, 1.82) is 0 Å². The molecule has 0 saturated carbocycles. The Bertz CT molecular complexity index is 1200. The normalized spacial score (nSPS) is 10.9. The van der Waals surface area contributed by atoms with Gasteiger partial charge in [-0.15, -0.1) is 0 Å². The zero-order chi connectivity index (χ0) is 20.2. The van der Waals surface area contributed by atoms with Crippen molar-refractivity contribution in [3.8, 4) is 0 Å². The summed E-state index contributed by atoms with van der Waals surface area (Å²) >= 11 is 5.90. The number of aromatic nitrogens is 5. The van der Waals surface area contributed by atoms with E-state index in [2.05, 4.69) is 20.4 Å². The lowest BCUT2D eigenvalue weighted by atomic mass is 10.2. The summed E-state index contributed by atoms with van der Waals surface area (Å²) in [6, 6.07) is 10.6. The minimum absolute atomic E-state index is 0.169. The Morgan fingerprint density at radius 1 is 1.10 bits per heavy atom. The Hall–Kier alpha value is -3.52. The molecule has 3 heterocycles. The molecule has 9 heteroatoms. The van der Waals surface area contributed by atoms with Crippen molar-refractivity contribution in [3.63, 3.8) is 0 Å². The maximum absolute atomic E-state index is 12.7. The third-order valence-corrected chi connectivity index (χ3v) is 4.69. The highest BCUT2D eigenvalue weighted by molar-refractivity contribution is 6.30. The van der Waals surface area contributed by atoms with Crippen LogP contribution < -0.4 is 10.9 Å². The van der Waals surface area contributed by atoms with E-state index in [9.17, 15) is 9.59 Å². The second kappa shape index (κ2) is 8.24. The molecule has 0 aliphatic heterocycles. The minimum Gasteiger partial charge on any atom is -0.350 e. The van der Waals surface area contributed by atoms with Gasteiger partial charge in [0, 0.05) is 29.5 Å². The Balaban J connectivity index is 1.46. The van der Waals surface area contributed by atoms with Gasteiger partial charge in [0.15, 0.2) is 5.65 Å². The van der Waals surface area contributed by atoms with E-state index in [0.717, 1.165) is 5.56 Å². The molecule has 8 nitrogen and oxygen atoms in total. The molecule has 4 aromatic rings. The van der Waals surface area contributed by atoms with E-state index in [1.807, 2.05) is 12.1 Å². The van der Waals surface area contributed by atoms with Crippen LogP contribution in [-0.4, -0.2) is 36.8 Å². The van der Waals surface area contributed by atoms with E-state index in [0.29, 0.717) is 41.3 Å². The van der Waals surface area contributed by atoms with E-state index in [4.69, 9.17) is 11.6 Å². The van der Waals surface area contributed by atoms with Gasteiger partial charge in [0.25, 0.3) is 11.5 Å². The quantitative estimate of drug-likeness (QED) is 0.527. The summed E-state index contributed by atoms with van der Waals surface area (Å²) in [5.41, 5.74) is 1.80. The summed E-state index contributed by atoms with van der Waals surface area (Å²) in [5, 5.41) is 8.14. The summed E-state index contributed by atoms with van der Waals surface area (Å²) in [6.07, 6.45) is 6.14. The fourth-order valence-electron chi connectivity index (χ4n) is 2.94. The topological polar surface area (TPSA) is 94.7 Å². The second-order valence-corrected chi connectivity index (χ2v) is 6.84. The monoisotopic (exact) mass is 408 g/mol. The van der Waals surface area contributed by atoms with Gasteiger partial charge in [0.1, 0.15) is 11.7 Å². The van der Waals surface area contributed by atoms with E-state index in [-0.39, 0.29) is 11.5 Å². The second-order valence-electron chi connectivity index (χ2n) is 6.40. The number of nitrogens with one attached hydrogen (secondary N) is 1. The number of pyridine rings is 1. The molecule has 0 unspecified atom stereocenters. The molecule has 146 valence electrons. The number of rotatable bonds is 6. The van der Waals surface area contributed by atoms with Crippen molar-refractivity contribution in [2.24, 2.45) is 0 Å². The highest BCUT2D eigenvalue weighted by Crippen LogP contribution is 2.11. The van der Waals surface area contributed by atoms with Crippen LogP contribution in [0.3, 0.4) is 0 Å². The zero-order valence-corrected chi connectivity index (χ0v) is 16.1. The molecule has 0 bridgehead atoms. The summed E-state index contributed by atoms with van der Waals surface area (Å²) in [5.74, 6) is -0.192. The zero-order valence-electron chi connectivity index (χ0n) is 15.3. The maximum Gasteiger partial charge on any atom is 0.264 e. The summed E-state index contributed by atoms with van der Waals surface area (Å²) in [7, 11) is 0. The first kappa shape index (κ1) is 18.8. The van der Waals surface area contributed by atoms with Crippen LogP contribution in [0.2, 0.25) is 5.02 Å². The molecule has 0 atom stereocenters. The Morgan fingerprint density at radius 3 is 2.62 bits per heavy atom. The summed E-state index contributed by atoms with van der Waals surface area (Å²) < 4.78 is 3.14. The van der Waals surface area contributed by atoms with Gasteiger partial charge in [-0.25, -0.2) is 9.67 Å². The van der Waals surface area contributed by atoms with Crippen molar-refractivity contribution in [3.05, 3.63) is 87.8 Å². The van der Waals surface area contributed by atoms with E-state index in [1.165, 1.54) is 17.1 Å². The van der Waals surface area contributed by atoms with Gasteiger partial charge in [0.2, 0.25) is 0 Å². The lowest BCUT2D eigenvalue weighted by Crippen LogP contribution is -2.27. The molecule has 0 spiro atoms. The molecule has 0 fully saturated rings. The molecule has 1 aromatic carbocycles. The largest absolute Gasteiger partial charge is 0.350 e. The molecule has 1 N–H and O–H groups in total. The van der Waals surface area contributed by atoms with Crippen LogP contribution in [0, 0.1) is 0 Å². The fraction of sp³-hybridized carbons (Fsp3) is 0.150. The van der Waals surface area contributed by atoms with Crippen LogP contribution in [0.4, 0.5) is 0 Å². The van der Waals surface area contributed by atoms with Crippen LogP contribution in [-0.2, 0) is 13.1 Å². The van der Waals surface area contributed by atoms with Crippen molar-refractivity contribution >= 4 is 28.5 Å². The molecule has 3 aromatic heterocycles. The molecule has 1 amide bonds. The molecule has 29 heavy (non-hydrogen) atoms. The molecule has 0 aliphatic carbocycles. The van der Waals surface area contributed by atoms with Gasteiger partial charge in [-0.05, 0) is 29.8 Å². The van der Waals surface area contributed by atoms with Gasteiger partial charge in [-0.1, -0.05) is 23.7 Å². The van der Waals surface area contributed by atoms with E-state index in [1.54, 1.807) is 41.3 Å². The van der Waals surface area contributed by atoms with Gasteiger partial charge in [-0.3, -0.25) is 19.1 Å². The van der Waals surface area contributed by atoms with Gasteiger partial charge in [-0.2, -0.15) is 5.10 Å². The molecular weight excluding hydrogens is 392 g/mol. The number of halogens is 1. The van der Waals surface area contributed by atoms with Crippen LogP contribution in [0.5, 0.6) is 0 Å². The minimum atomic E-state index is -0.192. The third kappa shape index (κ3) is 4.17. The molecular formula is C20H17ClN6O2. The number of carbonyl (C=O) groups excluding carboxylic acids is 1. The van der Waals surface area contributed by atoms with Gasteiger partial charge < -0.3 is 5.32 Å². The van der Waals surface area contributed by atoms with E-state index >= 15 is 0 Å². The SMILES string of the molecule is O=C(NCCn1ncc2c(=O)n(Cc3ccc(Cl)cc3)cnc21)c1ccncc1. The smallest absolute Gasteiger partial charge is 0.264 e. The lowest BCUT2D eigenvalue weighted by Gasteiger charge is -2.08. The van der Waals surface area contributed by atoms with Gasteiger partial charge >= 0.3 is 0 Å². The third-order valence-electron chi connectivity index (χ3n) is 4.44. The Kier molecular flexibility index (Phi) is 5.35. The summed E-state index contributed by atoms with van der Waals surface area (Å²) in [4.78, 5) is 33.1. The first-order valence-electron chi connectivity index (χ1n) is 8.95. The number of hydrogen-bond donors (Lipinski definition) is 1.